The number of carbonyl (C=O) groups excluding carboxylic acids is 1. The number of alkyl halides is 1. The molecule has 1 rings (SSSR count). The van der Waals surface area contributed by atoms with Gasteiger partial charge in [0, 0.05) is 12.5 Å². The fourth-order valence-electron chi connectivity index (χ4n) is 1.14. The first kappa shape index (κ1) is 11.8. The van der Waals surface area contributed by atoms with Crippen molar-refractivity contribution in [3.05, 3.63) is 39.7 Å². The van der Waals surface area contributed by atoms with Gasteiger partial charge in [0.2, 0.25) is 0 Å². The molecule has 6 heteroatoms. The highest BCUT2D eigenvalue weighted by Crippen LogP contribution is 2.22. The topological polar surface area (TPSA) is 60.2 Å². The van der Waals surface area contributed by atoms with E-state index in [-0.39, 0.29) is 28.8 Å². The van der Waals surface area contributed by atoms with Crippen molar-refractivity contribution in [3.8, 4) is 0 Å². The molecule has 4 nitrogen and oxygen atoms in total. The minimum Gasteiger partial charge on any atom is -0.298 e. The summed E-state index contributed by atoms with van der Waals surface area (Å²) in [5, 5.41) is 10.6. The fourth-order valence-corrected chi connectivity index (χ4v) is 1.34. The summed E-state index contributed by atoms with van der Waals surface area (Å²) in [5.41, 5.74) is -0.517. The summed E-state index contributed by atoms with van der Waals surface area (Å²) in [7, 11) is 0. The Kier molecular flexibility index (Phi) is 3.90. The van der Waals surface area contributed by atoms with Gasteiger partial charge in [-0.15, -0.1) is 0 Å². The SMILES string of the molecule is O=C(CBr)Cc1c(F)cccc1[N+](=O)[O-]. The van der Waals surface area contributed by atoms with E-state index in [4.69, 9.17) is 0 Å². The molecular formula is C9H7BrFNO3. The van der Waals surface area contributed by atoms with Gasteiger partial charge in [-0.3, -0.25) is 14.9 Å². The summed E-state index contributed by atoms with van der Waals surface area (Å²) < 4.78 is 13.2. The van der Waals surface area contributed by atoms with Crippen molar-refractivity contribution in [2.75, 3.05) is 5.33 Å². The van der Waals surface area contributed by atoms with Crippen LogP contribution in [0.3, 0.4) is 0 Å². The van der Waals surface area contributed by atoms with E-state index in [1.54, 1.807) is 0 Å². The van der Waals surface area contributed by atoms with E-state index >= 15 is 0 Å². The number of halogens is 2. The van der Waals surface area contributed by atoms with Gasteiger partial charge in [0.05, 0.1) is 15.8 Å². The molecule has 0 unspecified atom stereocenters. The summed E-state index contributed by atoms with van der Waals surface area (Å²) >= 11 is 2.92. The number of nitrogens with zero attached hydrogens (tertiary/aromatic N) is 1. The first-order valence-corrected chi connectivity index (χ1v) is 5.18. The molecule has 0 fully saturated rings. The average molecular weight is 276 g/mol. The first-order valence-electron chi connectivity index (χ1n) is 4.05. The number of nitro benzene ring substituents is 1. The maximum Gasteiger partial charge on any atom is 0.275 e. The average Bonchev–Trinajstić information content (AvgIpc) is 2.20. The van der Waals surface area contributed by atoms with Crippen LogP contribution in [-0.4, -0.2) is 16.0 Å². The van der Waals surface area contributed by atoms with Gasteiger partial charge in [-0.1, -0.05) is 22.0 Å². The first-order chi connectivity index (χ1) is 7.06. The highest BCUT2D eigenvalue weighted by molar-refractivity contribution is 9.09. The molecule has 0 aromatic heterocycles. The molecule has 1 aromatic carbocycles. The Bertz CT molecular complexity index is 408. The second-order valence-corrected chi connectivity index (χ2v) is 3.40. The highest BCUT2D eigenvalue weighted by Gasteiger charge is 2.19. The number of hydrogen-bond donors (Lipinski definition) is 0. The van der Waals surface area contributed by atoms with E-state index in [1.807, 2.05) is 0 Å². The lowest BCUT2D eigenvalue weighted by Crippen LogP contribution is -2.08. The molecule has 0 amide bonds. The number of ketones is 1. The van der Waals surface area contributed by atoms with E-state index < -0.39 is 10.7 Å². The van der Waals surface area contributed by atoms with Crippen molar-refractivity contribution in [2.24, 2.45) is 0 Å². The molecule has 0 N–H and O–H groups in total. The zero-order chi connectivity index (χ0) is 11.4. The largest absolute Gasteiger partial charge is 0.298 e. The van der Waals surface area contributed by atoms with Crippen molar-refractivity contribution in [2.45, 2.75) is 6.42 Å². The van der Waals surface area contributed by atoms with Crippen molar-refractivity contribution in [1.82, 2.24) is 0 Å². The number of benzene rings is 1. The van der Waals surface area contributed by atoms with Crippen LogP contribution in [0.5, 0.6) is 0 Å². The van der Waals surface area contributed by atoms with Gasteiger partial charge >= 0.3 is 0 Å². The normalized spacial score (nSPS) is 10.0. The molecule has 1 aromatic rings. The highest BCUT2D eigenvalue weighted by atomic mass is 79.9. The summed E-state index contributed by atoms with van der Waals surface area (Å²) in [6.07, 6.45) is -0.270. The van der Waals surface area contributed by atoms with Gasteiger partial charge in [-0.05, 0) is 6.07 Å². The maximum atomic E-state index is 13.2. The van der Waals surface area contributed by atoms with Crippen molar-refractivity contribution in [1.29, 1.82) is 0 Å². The molecule has 0 heterocycles. The second kappa shape index (κ2) is 4.97. The number of carbonyl (C=O) groups is 1. The molecule has 0 saturated heterocycles. The van der Waals surface area contributed by atoms with E-state index in [1.165, 1.54) is 12.1 Å². The van der Waals surface area contributed by atoms with Crippen LogP contribution in [0, 0.1) is 15.9 Å². The number of nitro groups is 1. The van der Waals surface area contributed by atoms with Crippen LogP contribution < -0.4 is 0 Å². The summed E-state index contributed by atoms with van der Waals surface area (Å²) in [6.45, 7) is 0. The lowest BCUT2D eigenvalue weighted by molar-refractivity contribution is -0.385. The van der Waals surface area contributed by atoms with Gasteiger partial charge in [0.1, 0.15) is 11.6 Å². The molecule has 0 aliphatic carbocycles. The molecule has 0 bridgehead atoms. The van der Waals surface area contributed by atoms with Gasteiger partial charge < -0.3 is 0 Å². The third kappa shape index (κ3) is 2.82. The van der Waals surface area contributed by atoms with Crippen LogP contribution >= 0.6 is 15.9 Å². The number of rotatable bonds is 4. The van der Waals surface area contributed by atoms with Crippen molar-refractivity contribution in [3.63, 3.8) is 0 Å². The Morgan fingerprint density at radius 1 is 1.53 bits per heavy atom. The molecule has 0 atom stereocenters. The van der Waals surface area contributed by atoms with Gasteiger partial charge in [0.15, 0.2) is 0 Å². The van der Waals surface area contributed by atoms with Gasteiger partial charge in [0.25, 0.3) is 5.69 Å². The van der Waals surface area contributed by atoms with Crippen LogP contribution in [0.1, 0.15) is 5.56 Å². The molecule has 0 radical (unpaired) electrons. The minimum absolute atomic E-state index is 0.0541. The van der Waals surface area contributed by atoms with Crippen LogP contribution in [0.2, 0.25) is 0 Å². The van der Waals surface area contributed by atoms with E-state index in [2.05, 4.69) is 15.9 Å². The predicted octanol–water partition coefficient (Wildman–Crippen LogP) is 2.24. The fraction of sp³-hybridized carbons (Fsp3) is 0.222. The molecule has 0 aliphatic rings. The summed E-state index contributed by atoms with van der Waals surface area (Å²) in [5.74, 6) is -1.03. The Balaban J connectivity index is 3.13. The molecule has 15 heavy (non-hydrogen) atoms. The van der Waals surface area contributed by atoms with Crippen LogP contribution in [-0.2, 0) is 11.2 Å². The van der Waals surface area contributed by atoms with E-state index in [0.717, 1.165) is 6.07 Å². The second-order valence-electron chi connectivity index (χ2n) is 2.84. The number of Topliss-reactive ketones (excluding diaryl/α,β-unsaturated/α-hetero) is 1. The van der Waals surface area contributed by atoms with Crippen LogP contribution in [0.25, 0.3) is 0 Å². The quantitative estimate of drug-likeness (QED) is 0.481. The Morgan fingerprint density at radius 2 is 2.20 bits per heavy atom. The van der Waals surface area contributed by atoms with E-state index in [0.29, 0.717) is 0 Å². The van der Waals surface area contributed by atoms with Gasteiger partial charge in [-0.2, -0.15) is 0 Å². The Morgan fingerprint density at radius 3 is 2.73 bits per heavy atom. The maximum absolute atomic E-state index is 13.2. The molecule has 0 aliphatic heterocycles. The zero-order valence-corrected chi connectivity index (χ0v) is 9.16. The lowest BCUT2D eigenvalue weighted by Gasteiger charge is -2.02. The van der Waals surface area contributed by atoms with Crippen LogP contribution in [0.4, 0.5) is 10.1 Å². The third-order valence-electron chi connectivity index (χ3n) is 1.81. The smallest absolute Gasteiger partial charge is 0.275 e. The molecule has 80 valence electrons. The Labute approximate surface area is 93.4 Å². The molecule has 0 spiro atoms. The van der Waals surface area contributed by atoms with Gasteiger partial charge in [-0.25, -0.2) is 4.39 Å². The standard InChI is InChI=1S/C9H7BrFNO3/c10-5-6(13)4-7-8(11)2-1-3-9(7)12(14)15/h1-3H,4-5H2. The molecule has 0 saturated carbocycles. The Hall–Kier alpha value is -1.30. The lowest BCUT2D eigenvalue weighted by atomic mass is 10.1. The van der Waals surface area contributed by atoms with Crippen LogP contribution in [0.15, 0.2) is 18.2 Å². The van der Waals surface area contributed by atoms with Crippen molar-refractivity contribution >= 4 is 27.4 Å². The zero-order valence-electron chi connectivity index (χ0n) is 7.57. The third-order valence-corrected chi connectivity index (χ3v) is 2.44. The van der Waals surface area contributed by atoms with E-state index in [9.17, 15) is 19.3 Å². The minimum atomic E-state index is -0.724. The monoisotopic (exact) mass is 275 g/mol. The molecular weight excluding hydrogens is 269 g/mol. The predicted molar refractivity (Wildman–Crippen MR) is 55.6 cm³/mol. The number of hydrogen-bond acceptors (Lipinski definition) is 3. The van der Waals surface area contributed by atoms with Crippen molar-refractivity contribution < 1.29 is 14.1 Å². The summed E-state index contributed by atoms with van der Waals surface area (Å²) in [6, 6.07) is 3.53. The summed E-state index contributed by atoms with van der Waals surface area (Å²) in [4.78, 5) is 20.9.